The minimum absolute atomic E-state index is 0.153. The van der Waals surface area contributed by atoms with E-state index in [1.807, 2.05) is 0 Å². The van der Waals surface area contributed by atoms with Crippen LogP contribution in [0.1, 0.15) is 37.5 Å². The molecule has 0 amide bonds. The molecule has 6 aromatic heterocycles. The van der Waals surface area contributed by atoms with Crippen molar-refractivity contribution in [3.05, 3.63) is 234 Å². The number of thiophene rings is 2. The van der Waals surface area contributed by atoms with E-state index in [9.17, 15) is 11.8 Å². The van der Waals surface area contributed by atoms with Gasteiger partial charge in [-0.1, -0.05) is 172 Å². The monoisotopic (exact) mass is 1070 g/mol. The Bertz CT molecular complexity index is 5490. The fraction of sp³-hybridized carbons (Fsp3) is 0.0685. The number of benzene rings is 11. The van der Waals surface area contributed by atoms with Gasteiger partial charge >= 0.3 is 0 Å². The third-order valence-corrected chi connectivity index (χ3v) is 19.6. The summed E-state index contributed by atoms with van der Waals surface area (Å²) in [5.74, 6) is 0. The Balaban J connectivity index is 1.22. The predicted octanol–water partition coefficient (Wildman–Crippen LogP) is 20.8. The lowest BCUT2D eigenvalue weighted by molar-refractivity contribution is 0.591. The number of nitriles is 1. The van der Waals surface area contributed by atoms with Gasteiger partial charge in [0, 0.05) is 74.0 Å². The molecule has 0 radical (unpaired) electrons. The van der Waals surface area contributed by atoms with E-state index in [0.717, 1.165) is 119 Å². The maximum atomic E-state index is 12.9. The highest BCUT2D eigenvalue weighted by molar-refractivity contribution is 7.27. The van der Waals surface area contributed by atoms with Gasteiger partial charge < -0.3 is 18.3 Å². The van der Waals surface area contributed by atoms with Crippen LogP contribution in [0.5, 0.6) is 0 Å². The summed E-state index contributed by atoms with van der Waals surface area (Å²) < 4.78 is 14.1. The van der Waals surface area contributed by atoms with E-state index in [1.54, 1.807) is 22.7 Å². The molecule has 0 saturated heterocycles. The average Bonchev–Trinajstić information content (AvgIpc) is 4.47. The lowest BCUT2D eigenvalue weighted by Crippen LogP contribution is -2.15. The fourth-order valence-electron chi connectivity index (χ4n) is 13.7. The van der Waals surface area contributed by atoms with Crippen molar-refractivity contribution in [2.45, 2.75) is 33.1 Å². The maximum absolute atomic E-state index is 12.9. The minimum atomic E-state index is -0.153. The number of rotatable bonds is 4. The molecular weight excluding hydrogens is 1020 g/mol. The first-order chi connectivity index (χ1) is 39.7. The van der Waals surface area contributed by atoms with Gasteiger partial charge in [-0.15, -0.1) is 22.7 Å². The van der Waals surface area contributed by atoms with Gasteiger partial charge in [0.25, 0.3) is 0 Å². The first-order valence-electron chi connectivity index (χ1n) is 27.4. The Morgan fingerprint density at radius 1 is 0.395 bits per heavy atom. The lowest BCUT2D eigenvalue weighted by Gasteiger charge is -2.27. The van der Waals surface area contributed by atoms with Crippen LogP contribution < -0.4 is 0 Å². The summed E-state index contributed by atoms with van der Waals surface area (Å²) in [6.45, 7) is 19.0. The summed E-state index contributed by atoms with van der Waals surface area (Å²) in [6.07, 6.45) is 0. The maximum Gasteiger partial charge on any atom is 0.237 e. The molecule has 0 aliphatic carbocycles. The van der Waals surface area contributed by atoms with Gasteiger partial charge in [0.05, 0.1) is 88.4 Å². The van der Waals surface area contributed by atoms with Crippen LogP contribution in [0.25, 0.3) is 155 Å². The molecule has 380 valence electrons. The van der Waals surface area contributed by atoms with Gasteiger partial charge in [-0.25, -0.2) is 4.85 Å². The van der Waals surface area contributed by atoms with Crippen molar-refractivity contribution in [1.29, 1.82) is 5.26 Å². The number of hydrogen-bond acceptors (Lipinski definition) is 3. The van der Waals surface area contributed by atoms with Crippen LogP contribution >= 0.6 is 22.7 Å². The third kappa shape index (κ3) is 6.13. The first kappa shape index (κ1) is 46.0. The molecular formula is C73H46N6S2. The van der Waals surface area contributed by atoms with Crippen molar-refractivity contribution in [3.63, 3.8) is 0 Å². The number of nitrogens with zero attached hydrogens (tertiary/aromatic N) is 6. The van der Waals surface area contributed by atoms with Crippen LogP contribution in [0.2, 0.25) is 0 Å². The van der Waals surface area contributed by atoms with Crippen LogP contribution in [0.15, 0.2) is 206 Å². The van der Waals surface area contributed by atoms with Crippen molar-refractivity contribution in [2.75, 3.05) is 0 Å². The van der Waals surface area contributed by atoms with Crippen LogP contribution in [0, 0.1) is 24.8 Å². The van der Waals surface area contributed by atoms with Gasteiger partial charge in [0.2, 0.25) is 5.69 Å². The number of aromatic nitrogens is 4. The highest BCUT2D eigenvalue weighted by Crippen LogP contribution is 2.54. The number of aryl methyl sites for hydroxylation is 1. The molecule has 6 heterocycles. The van der Waals surface area contributed by atoms with Gasteiger partial charge in [0.1, 0.15) is 6.07 Å². The van der Waals surface area contributed by atoms with E-state index in [0.29, 0.717) is 28.3 Å². The average molecular weight is 1070 g/mol. The van der Waals surface area contributed by atoms with Crippen molar-refractivity contribution >= 4 is 156 Å². The largest absolute Gasteiger partial charge is 0.317 e. The molecule has 81 heavy (non-hydrogen) atoms. The Kier molecular flexibility index (Phi) is 9.40. The van der Waals surface area contributed by atoms with Gasteiger partial charge in [0.15, 0.2) is 0 Å². The minimum Gasteiger partial charge on any atom is -0.317 e. The summed E-state index contributed by atoms with van der Waals surface area (Å²) >= 11 is 3.58. The molecule has 0 aliphatic heterocycles. The molecule has 11 aromatic carbocycles. The molecule has 17 rings (SSSR count). The topological polar surface area (TPSA) is 47.9 Å². The van der Waals surface area contributed by atoms with E-state index in [1.165, 1.54) is 25.7 Å². The van der Waals surface area contributed by atoms with E-state index < -0.39 is 0 Å². The zero-order valence-electron chi connectivity index (χ0n) is 44.6. The number of hydrogen-bond donors (Lipinski definition) is 0. The Hall–Kier alpha value is -9.96. The summed E-state index contributed by atoms with van der Waals surface area (Å²) in [6, 6.07) is 77.5. The predicted molar refractivity (Wildman–Crippen MR) is 344 cm³/mol. The van der Waals surface area contributed by atoms with Crippen LogP contribution in [0.3, 0.4) is 0 Å². The SMILES string of the molecule is [C-]#[N+]c1c(-n2c3ccccc3c3ccccc32)c(-n2c3ccc(C(C)(C)C)cc3c3ccc4c5ccccc5sc4c32)c(-n2c3ccccc3c3ccccc32)c(C#N)c1-n1c2ccc(C)cc2c2ccc3c4ccccc4sc3c21. The number of fused-ring (bicyclic) bond motifs is 20. The Labute approximate surface area is 472 Å². The quantitative estimate of drug-likeness (QED) is 0.162. The molecule has 0 N–H and O–H groups in total. The van der Waals surface area contributed by atoms with Crippen LogP contribution in [-0.2, 0) is 5.41 Å². The molecule has 8 heteroatoms. The van der Waals surface area contributed by atoms with Gasteiger partial charge in [-0.3, -0.25) is 0 Å². The zero-order valence-corrected chi connectivity index (χ0v) is 46.3. The standard InChI is InChI=1S/C73H46N6S2/c1-41-30-36-60-53(38-41)49-32-34-51-47-22-10-16-28-62(47)80-71(51)67(49)78(60)65-55(40-74)66(76-56-24-12-6-18-43(56)44-19-7-13-25-57(44)76)70(69(64(65)75-5)77-58-26-14-8-20-45(58)46-21-9-15-27-59(46)77)79-61-37-31-42(73(2,3)4)39-54(61)50-33-35-52-48-23-11-17-29-63(48)81-72(52)68(50)79/h6-39H,1-4H3. The first-order valence-corrected chi connectivity index (χ1v) is 29.1. The molecule has 17 aromatic rings. The van der Waals surface area contributed by atoms with Crippen LogP contribution in [0.4, 0.5) is 5.69 Å². The van der Waals surface area contributed by atoms with Gasteiger partial charge in [-0.05, 0) is 78.6 Å². The molecule has 0 aliphatic rings. The second-order valence-corrected chi connectivity index (χ2v) is 24.7. The third-order valence-electron chi connectivity index (χ3n) is 17.2. The van der Waals surface area contributed by atoms with E-state index in [-0.39, 0.29) is 5.41 Å². The van der Waals surface area contributed by atoms with Crippen molar-refractivity contribution in [3.8, 4) is 28.8 Å². The van der Waals surface area contributed by atoms with E-state index in [4.69, 9.17) is 4.85 Å². The Morgan fingerprint density at radius 3 is 1.28 bits per heavy atom. The molecule has 6 nitrogen and oxygen atoms in total. The van der Waals surface area contributed by atoms with Crippen molar-refractivity contribution < 1.29 is 0 Å². The van der Waals surface area contributed by atoms with Crippen molar-refractivity contribution in [1.82, 2.24) is 18.3 Å². The molecule has 0 unspecified atom stereocenters. The highest BCUT2D eigenvalue weighted by atomic mass is 32.1. The van der Waals surface area contributed by atoms with E-state index >= 15 is 0 Å². The molecule has 0 spiro atoms. The van der Waals surface area contributed by atoms with E-state index in [2.05, 4.69) is 258 Å². The second-order valence-electron chi connectivity index (χ2n) is 22.6. The second kappa shape index (κ2) is 16.5. The fourth-order valence-corrected chi connectivity index (χ4v) is 16.2. The Morgan fingerprint density at radius 2 is 0.802 bits per heavy atom. The summed E-state index contributed by atoms with van der Waals surface area (Å²) in [4.78, 5) is 4.92. The summed E-state index contributed by atoms with van der Waals surface area (Å²) in [5, 5.41) is 26.2. The van der Waals surface area contributed by atoms with Crippen molar-refractivity contribution in [2.24, 2.45) is 0 Å². The molecule has 0 atom stereocenters. The van der Waals surface area contributed by atoms with Crippen LogP contribution in [-0.4, -0.2) is 18.3 Å². The molecule has 0 bridgehead atoms. The summed E-state index contributed by atoms with van der Waals surface area (Å²) in [7, 11) is 0. The number of para-hydroxylation sites is 4. The molecule has 0 saturated carbocycles. The molecule has 0 fully saturated rings. The highest BCUT2D eigenvalue weighted by Gasteiger charge is 2.36. The van der Waals surface area contributed by atoms with Gasteiger partial charge in [-0.2, -0.15) is 5.26 Å². The lowest BCUT2D eigenvalue weighted by atomic mass is 9.86. The zero-order chi connectivity index (χ0) is 54.2. The summed E-state index contributed by atoms with van der Waals surface area (Å²) in [5.41, 5.74) is 13.4. The normalized spacial score (nSPS) is 12.4. The smallest absolute Gasteiger partial charge is 0.237 e.